The fraction of sp³-hybridized carbons (Fsp3) is 0.455. The molecule has 3 atom stereocenters. The molecule has 1 aliphatic rings. The predicted molar refractivity (Wildman–Crippen MR) is 74.7 cm³/mol. The second-order valence-electron chi connectivity index (χ2n) is 4.28. The van der Waals surface area contributed by atoms with E-state index in [0.717, 1.165) is 0 Å². The summed E-state index contributed by atoms with van der Waals surface area (Å²) in [5, 5.41) is 10.00. The van der Waals surface area contributed by atoms with Gasteiger partial charge in [-0.3, -0.25) is 14.3 Å². The SMILES string of the molecule is O=c1ccn(C2C=CC(COOI)C(O)C2)c(=O)[nH]1. The van der Waals surface area contributed by atoms with E-state index in [0.29, 0.717) is 6.42 Å². The van der Waals surface area contributed by atoms with Crippen LogP contribution in [0.3, 0.4) is 0 Å². The van der Waals surface area contributed by atoms with E-state index in [1.165, 1.54) is 16.8 Å². The Labute approximate surface area is 122 Å². The maximum atomic E-state index is 11.6. The van der Waals surface area contributed by atoms with Crippen LogP contribution in [-0.2, 0) is 8.10 Å². The van der Waals surface area contributed by atoms with E-state index in [4.69, 9.17) is 4.89 Å². The minimum Gasteiger partial charge on any atom is -0.392 e. The van der Waals surface area contributed by atoms with Gasteiger partial charge in [-0.2, -0.15) is 3.22 Å². The van der Waals surface area contributed by atoms with Crippen molar-refractivity contribution in [1.29, 1.82) is 0 Å². The molecule has 0 aromatic carbocycles. The zero-order chi connectivity index (χ0) is 13.8. The number of nitrogens with one attached hydrogen (secondary N) is 1. The first-order chi connectivity index (χ1) is 9.11. The highest BCUT2D eigenvalue weighted by Crippen LogP contribution is 2.25. The third kappa shape index (κ3) is 3.53. The van der Waals surface area contributed by atoms with Crippen molar-refractivity contribution in [2.45, 2.75) is 18.6 Å². The maximum Gasteiger partial charge on any atom is 0.328 e. The summed E-state index contributed by atoms with van der Waals surface area (Å²) in [6.45, 7) is 0.244. The molecule has 7 nitrogen and oxygen atoms in total. The zero-order valence-corrected chi connectivity index (χ0v) is 12.0. The lowest BCUT2D eigenvalue weighted by Crippen LogP contribution is -2.36. The van der Waals surface area contributed by atoms with Crippen LogP contribution in [0.15, 0.2) is 34.0 Å². The second-order valence-corrected chi connectivity index (χ2v) is 4.64. The first-order valence-corrected chi connectivity index (χ1v) is 6.58. The van der Waals surface area contributed by atoms with Crippen LogP contribution >= 0.6 is 23.0 Å². The van der Waals surface area contributed by atoms with Crippen molar-refractivity contribution >= 4 is 23.0 Å². The highest BCUT2D eigenvalue weighted by Gasteiger charge is 2.26. The van der Waals surface area contributed by atoms with Gasteiger partial charge in [0.2, 0.25) is 0 Å². The molecule has 1 aromatic heterocycles. The van der Waals surface area contributed by atoms with E-state index in [1.807, 2.05) is 6.08 Å². The Kier molecular flexibility index (Phi) is 4.91. The Hall–Kier alpha value is -0.970. The van der Waals surface area contributed by atoms with Crippen LogP contribution in [0.4, 0.5) is 0 Å². The van der Waals surface area contributed by atoms with E-state index in [2.05, 4.69) is 8.20 Å². The van der Waals surface area contributed by atoms with Gasteiger partial charge < -0.3 is 5.11 Å². The van der Waals surface area contributed by atoms with Crippen LogP contribution in [0.5, 0.6) is 0 Å². The first kappa shape index (κ1) is 14.4. The lowest BCUT2D eigenvalue weighted by molar-refractivity contribution is -0.181. The Morgan fingerprint density at radius 1 is 1.47 bits per heavy atom. The standard InChI is InChI=1S/C11H13IN2O5/c12-19-18-6-7-1-2-8(5-9(7)15)14-4-3-10(16)13-11(14)17/h1-4,7-9,15H,5-6H2,(H,13,16,17). The Bertz CT molecular complexity index is 567. The summed E-state index contributed by atoms with van der Waals surface area (Å²) in [5.74, 6) is -0.176. The molecule has 104 valence electrons. The van der Waals surface area contributed by atoms with Crippen molar-refractivity contribution in [3.63, 3.8) is 0 Å². The number of allylic oxidation sites excluding steroid dienone is 1. The highest BCUT2D eigenvalue weighted by atomic mass is 127. The maximum absolute atomic E-state index is 11.6. The summed E-state index contributed by atoms with van der Waals surface area (Å²) >= 11 is 1.60. The van der Waals surface area contributed by atoms with Crippen molar-refractivity contribution in [3.8, 4) is 0 Å². The van der Waals surface area contributed by atoms with Gasteiger partial charge in [0, 0.05) is 18.2 Å². The molecule has 0 bridgehead atoms. The topological polar surface area (TPSA) is 93.5 Å². The average Bonchev–Trinajstić information content (AvgIpc) is 2.37. The van der Waals surface area contributed by atoms with E-state index in [1.54, 1.807) is 29.1 Å². The van der Waals surface area contributed by atoms with Gasteiger partial charge in [0.15, 0.2) is 23.0 Å². The summed E-state index contributed by atoms with van der Waals surface area (Å²) in [6, 6.07) is 0.997. The molecule has 0 spiro atoms. The lowest BCUT2D eigenvalue weighted by atomic mass is 9.90. The Morgan fingerprint density at radius 3 is 2.89 bits per heavy atom. The molecule has 8 heteroatoms. The summed E-state index contributed by atoms with van der Waals surface area (Å²) in [5.41, 5.74) is -0.924. The summed E-state index contributed by atoms with van der Waals surface area (Å²) < 4.78 is 5.85. The van der Waals surface area contributed by atoms with Crippen molar-refractivity contribution in [2.24, 2.45) is 5.92 Å². The fourth-order valence-corrected chi connectivity index (χ4v) is 2.21. The number of aliphatic hydroxyl groups excluding tert-OH is 1. The molecule has 0 amide bonds. The largest absolute Gasteiger partial charge is 0.392 e. The van der Waals surface area contributed by atoms with Crippen LogP contribution < -0.4 is 11.2 Å². The molecule has 0 fully saturated rings. The lowest BCUT2D eigenvalue weighted by Gasteiger charge is -2.28. The number of aliphatic hydroxyl groups is 1. The summed E-state index contributed by atoms with van der Waals surface area (Å²) in [6.07, 6.45) is 4.76. The number of nitrogens with zero attached hydrogens (tertiary/aromatic N) is 1. The number of rotatable bonds is 4. The van der Waals surface area contributed by atoms with Gasteiger partial charge in [-0.1, -0.05) is 12.2 Å². The van der Waals surface area contributed by atoms with Crippen LogP contribution in [0, 0.1) is 5.92 Å². The van der Waals surface area contributed by atoms with Gasteiger partial charge in [-0.05, 0) is 6.42 Å². The summed E-state index contributed by atoms with van der Waals surface area (Å²) in [4.78, 5) is 29.6. The molecule has 1 aromatic rings. The van der Waals surface area contributed by atoms with Gasteiger partial charge in [0.25, 0.3) is 5.56 Å². The zero-order valence-electron chi connectivity index (χ0n) is 9.86. The molecule has 1 heterocycles. The molecule has 0 saturated carbocycles. The van der Waals surface area contributed by atoms with E-state index < -0.39 is 17.4 Å². The van der Waals surface area contributed by atoms with Crippen molar-refractivity contribution < 1.29 is 13.2 Å². The van der Waals surface area contributed by atoms with Gasteiger partial charge in [0.05, 0.1) is 18.8 Å². The minimum absolute atomic E-state index is 0.176. The number of hydrogen-bond donors (Lipinski definition) is 2. The molecule has 0 saturated heterocycles. The van der Waals surface area contributed by atoms with Gasteiger partial charge in [0.1, 0.15) is 0 Å². The molecular formula is C11H13IN2O5. The highest BCUT2D eigenvalue weighted by molar-refractivity contribution is 14.1. The molecular weight excluding hydrogens is 367 g/mol. The van der Waals surface area contributed by atoms with E-state index in [9.17, 15) is 14.7 Å². The molecule has 2 rings (SSSR count). The molecule has 3 unspecified atom stereocenters. The number of halogens is 1. The first-order valence-electron chi connectivity index (χ1n) is 5.70. The summed E-state index contributed by atoms with van der Waals surface area (Å²) in [7, 11) is 0. The van der Waals surface area contributed by atoms with Crippen LogP contribution in [0.25, 0.3) is 0 Å². The van der Waals surface area contributed by atoms with Gasteiger partial charge in [-0.15, -0.1) is 0 Å². The normalized spacial score (nSPS) is 26.5. The molecule has 1 aliphatic carbocycles. The van der Waals surface area contributed by atoms with Crippen molar-refractivity contribution in [2.75, 3.05) is 6.61 Å². The Morgan fingerprint density at radius 2 is 2.26 bits per heavy atom. The number of aromatic amines is 1. The van der Waals surface area contributed by atoms with Gasteiger partial charge in [-0.25, -0.2) is 9.68 Å². The predicted octanol–water partition coefficient (Wildman–Crippen LogP) is 0.313. The number of aromatic nitrogens is 2. The van der Waals surface area contributed by atoms with Crippen LogP contribution in [0.1, 0.15) is 12.5 Å². The number of H-pyrrole nitrogens is 1. The monoisotopic (exact) mass is 380 g/mol. The quantitative estimate of drug-likeness (QED) is 0.340. The molecule has 2 N–H and O–H groups in total. The average molecular weight is 380 g/mol. The molecule has 0 aliphatic heterocycles. The smallest absolute Gasteiger partial charge is 0.328 e. The van der Waals surface area contributed by atoms with Crippen LogP contribution in [-0.4, -0.2) is 27.4 Å². The van der Waals surface area contributed by atoms with E-state index >= 15 is 0 Å². The molecule has 0 radical (unpaired) electrons. The van der Waals surface area contributed by atoms with Crippen molar-refractivity contribution in [1.82, 2.24) is 9.55 Å². The van der Waals surface area contributed by atoms with Gasteiger partial charge >= 0.3 is 5.69 Å². The molecule has 19 heavy (non-hydrogen) atoms. The third-order valence-corrected chi connectivity index (χ3v) is 3.33. The second kappa shape index (κ2) is 6.46. The number of hydrogen-bond acceptors (Lipinski definition) is 5. The third-order valence-electron chi connectivity index (χ3n) is 3.07. The minimum atomic E-state index is -0.639. The van der Waals surface area contributed by atoms with Crippen LogP contribution in [0.2, 0.25) is 0 Å². The van der Waals surface area contributed by atoms with Crippen molar-refractivity contribution in [3.05, 3.63) is 45.3 Å². The Balaban J connectivity index is 2.16. The van der Waals surface area contributed by atoms with E-state index in [-0.39, 0.29) is 18.6 Å². The fourth-order valence-electron chi connectivity index (χ4n) is 2.07.